The molecule has 0 bridgehead atoms. The quantitative estimate of drug-likeness (QED) is 0.256. The third-order valence-electron chi connectivity index (χ3n) is 2.57. The first-order valence-corrected chi connectivity index (χ1v) is 4.96. The molecule has 0 rings (SSSR count). The van der Waals surface area contributed by atoms with Crippen LogP contribution >= 0.6 is 0 Å². The van der Waals surface area contributed by atoms with Gasteiger partial charge in [-0.25, -0.2) is 8.78 Å². The number of rotatable bonds is 6. The minimum Gasteiger partial charge on any atom is -0.415 e. The summed E-state index contributed by atoms with van der Waals surface area (Å²) in [5, 5.41) is 0. The molecular weight excluding hydrogens is 483 g/mol. The first kappa shape index (κ1) is 27.5. The summed E-state index contributed by atoms with van der Waals surface area (Å²) in [6.45, 7) is 0. The average Bonchev–Trinajstić information content (AvgIpc) is 2.35. The Balaban J connectivity index is 0. The van der Waals surface area contributed by atoms with Gasteiger partial charge in [0.1, 0.15) is 0 Å². The molecule has 0 aliphatic rings. The summed E-state index contributed by atoms with van der Waals surface area (Å²) < 4.78 is 209. The normalized spacial score (nSPS) is 15.9. The van der Waals surface area contributed by atoms with Crippen molar-refractivity contribution in [3.63, 3.8) is 0 Å². The minimum atomic E-state index is -8.55. The van der Waals surface area contributed by atoms with Gasteiger partial charge in [-0.15, -0.1) is 0 Å². The Morgan fingerprint density at radius 2 is 0.615 bits per heavy atom. The van der Waals surface area contributed by atoms with E-state index in [1.165, 1.54) is 0 Å². The second-order valence-electron chi connectivity index (χ2n) is 4.20. The van der Waals surface area contributed by atoms with Crippen LogP contribution < -0.4 is 0 Å². The molecule has 0 N–H and O–H groups in total. The maximum Gasteiger partial charge on any atom is 1.00 e. The van der Waals surface area contributed by atoms with Crippen molar-refractivity contribution in [3.05, 3.63) is 6.43 Å². The van der Waals surface area contributed by atoms with Gasteiger partial charge in [-0.05, 0) is 0 Å². The first-order chi connectivity index (χ1) is 10.4. The van der Waals surface area contributed by atoms with E-state index in [0.717, 1.165) is 0 Å². The number of halogens is 17. The fraction of sp³-hybridized carbons (Fsp3) is 0.875. The van der Waals surface area contributed by atoms with E-state index in [4.69, 9.17) is 0 Å². The molecule has 0 aromatic carbocycles. The zero-order chi connectivity index (χ0) is 21.1. The van der Waals surface area contributed by atoms with Crippen molar-refractivity contribution < 1.29 is 91.7 Å². The van der Waals surface area contributed by atoms with Crippen LogP contribution in [0.15, 0.2) is 0 Å². The Kier molecular flexibility index (Phi) is 7.14. The van der Waals surface area contributed by atoms with Gasteiger partial charge in [0.15, 0.2) is 0 Å². The monoisotopic (exact) mass is 482 g/mol. The Morgan fingerprint density at radius 1 is 0.385 bits per heavy atom. The van der Waals surface area contributed by atoms with Crippen LogP contribution in [0, 0.1) is 6.43 Å². The largest absolute Gasteiger partial charge is 1.00 e. The number of hydrogen-bond acceptors (Lipinski definition) is 0. The van der Waals surface area contributed by atoms with E-state index < -0.39 is 48.1 Å². The fourth-order valence-corrected chi connectivity index (χ4v) is 1.09. The van der Waals surface area contributed by atoms with Crippen molar-refractivity contribution in [3.8, 4) is 0 Å². The van der Waals surface area contributed by atoms with E-state index in [9.17, 15) is 74.6 Å². The fourth-order valence-electron chi connectivity index (χ4n) is 1.09. The number of alkyl halides is 15. The second kappa shape index (κ2) is 6.74. The SMILES string of the molecule is F[C-](F)C(F)(F)C(F)(F)C(F)(F)C(F)(F)C(F)(F)C(F)(F)C(F)(F)F.[Cu+]. The van der Waals surface area contributed by atoms with Crippen molar-refractivity contribution in [1.29, 1.82) is 0 Å². The Hall–Kier alpha value is -0.671. The molecule has 0 heterocycles. The predicted octanol–water partition coefficient (Wildman–Crippen LogP) is 5.79. The summed E-state index contributed by atoms with van der Waals surface area (Å²) in [6, 6.07) is 0. The summed E-state index contributed by atoms with van der Waals surface area (Å²) in [4.78, 5) is 0. The predicted molar refractivity (Wildman–Crippen MR) is 41.2 cm³/mol. The van der Waals surface area contributed by atoms with Crippen molar-refractivity contribution in [2.75, 3.05) is 0 Å². The first-order valence-electron chi connectivity index (χ1n) is 4.96. The van der Waals surface area contributed by atoms with Gasteiger partial charge in [0.25, 0.3) is 5.92 Å². The summed E-state index contributed by atoms with van der Waals surface area (Å²) in [5.41, 5.74) is 0. The van der Waals surface area contributed by atoms with Gasteiger partial charge in [0.2, 0.25) is 0 Å². The molecule has 0 unspecified atom stereocenters. The summed E-state index contributed by atoms with van der Waals surface area (Å²) in [6.07, 6.45) is -12.8. The topological polar surface area (TPSA) is 0 Å². The molecule has 0 fully saturated rings. The minimum absolute atomic E-state index is 0. The van der Waals surface area contributed by atoms with Crippen molar-refractivity contribution in [1.82, 2.24) is 0 Å². The Morgan fingerprint density at radius 3 is 0.846 bits per heavy atom. The molecule has 0 saturated carbocycles. The van der Waals surface area contributed by atoms with Crippen molar-refractivity contribution >= 4 is 0 Å². The summed E-state index contributed by atoms with van der Waals surface area (Å²) in [5.74, 6) is -49.4. The summed E-state index contributed by atoms with van der Waals surface area (Å²) >= 11 is 0. The van der Waals surface area contributed by atoms with E-state index in [1.54, 1.807) is 0 Å². The van der Waals surface area contributed by atoms with Gasteiger partial charge >= 0.3 is 52.9 Å². The molecule has 26 heavy (non-hydrogen) atoms. The van der Waals surface area contributed by atoms with Crippen LogP contribution in [-0.2, 0) is 17.1 Å². The van der Waals surface area contributed by atoms with Crippen LogP contribution in [0.25, 0.3) is 0 Å². The molecule has 0 atom stereocenters. The molecule has 162 valence electrons. The zero-order valence-electron chi connectivity index (χ0n) is 10.7. The van der Waals surface area contributed by atoms with E-state index in [1.807, 2.05) is 0 Å². The van der Waals surface area contributed by atoms with Gasteiger partial charge in [-0.3, -0.25) is 0 Å². The van der Waals surface area contributed by atoms with Crippen LogP contribution in [-0.4, -0.2) is 41.7 Å². The molecule has 0 amide bonds. The van der Waals surface area contributed by atoms with Crippen LogP contribution in [0.2, 0.25) is 0 Å². The third kappa shape index (κ3) is 3.30. The molecule has 0 saturated heterocycles. The maximum absolute atomic E-state index is 12.7. The van der Waals surface area contributed by atoms with Crippen LogP contribution in [0.1, 0.15) is 0 Å². The molecule has 0 aromatic heterocycles. The van der Waals surface area contributed by atoms with Gasteiger partial charge in [0, 0.05) is 0 Å². The van der Waals surface area contributed by atoms with Gasteiger partial charge in [0.05, 0.1) is 6.43 Å². The second-order valence-corrected chi connectivity index (χ2v) is 4.20. The van der Waals surface area contributed by atoms with Gasteiger partial charge in [-0.2, -0.15) is 57.1 Å². The Bertz CT molecular complexity index is 487. The molecule has 0 aromatic rings. The number of hydrogen-bond donors (Lipinski definition) is 0. The van der Waals surface area contributed by atoms with Crippen molar-refractivity contribution in [2.45, 2.75) is 41.7 Å². The van der Waals surface area contributed by atoms with E-state index >= 15 is 0 Å². The standard InChI is InChI=1S/C8F17.Cu/c9-1(10)2(11,12)3(13,14)4(15,16)5(17,18)6(19,20)7(21,22)8(23,24)25;/q-1;+1. The third-order valence-corrected chi connectivity index (χ3v) is 2.57. The smallest absolute Gasteiger partial charge is 0.415 e. The Labute approximate surface area is 141 Å². The van der Waals surface area contributed by atoms with Crippen molar-refractivity contribution in [2.24, 2.45) is 0 Å². The van der Waals surface area contributed by atoms with E-state index in [0.29, 0.717) is 0 Å². The molecule has 0 radical (unpaired) electrons. The average molecular weight is 483 g/mol. The maximum atomic E-state index is 12.7. The van der Waals surface area contributed by atoms with Crippen LogP contribution in [0.5, 0.6) is 0 Å². The van der Waals surface area contributed by atoms with Crippen LogP contribution in [0.4, 0.5) is 74.6 Å². The van der Waals surface area contributed by atoms with Gasteiger partial charge < -0.3 is 8.78 Å². The molecule has 0 aliphatic carbocycles. The van der Waals surface area contributed by atoms with Crippen LogP contribution in [0.3, 0.4) is 0 Å². The summed E-state index contributed by atoms with van der Waals surface area (Å²) in [7, 11) is 0. The van der Waals surface area contributed by atoms with E-state index in [2.05, 4.69) is 0 Å². The van der Waals surface area contributed by atoms with Gasteiger partial charge in [-0.1, -0.05) is 0 Å². The van der Waals surface area contributed by atoms with E-state index in [-0.39, 0.29) is 17.1 Å². The molecule has 18 heteroatoms. The zero-order valence-corrected chi connectivity index (χ0v) is 11.7. The molecule has 0 aliphatic heterocycles. The molecule has 0 nitrogen and oxygen atoms in total. The molecular formula is C8CuF17. The molecule has 0 spiro atoms.